The van der Waals surface area contributed by atoms with Gasteiger partial charge >= 0.3 is 0 Å². The number of pyridine rings is 2. The van der Waals surface area contributed by atoms with Crippen LogP contribution >= 0.6 is 0 Å². The summed E-state index contributed by atoms with van der Waals surface area (Å²) in [6.07, 6.45) is 1.72. The molecule has 0 radical (unpaired) electrons. The Morgan fingerprint density at radius 2 is 2.24 bits per heavy atom. The van der Waals surface area contributed by atoms with Crippen LogP contribution in [0.3, 0.4) is 0 Å². The van der Waals surface area contributed by atoms with Gasteiger partial charge in [0.15, 0.2) is 0 Å². The first-order valence-electron chi connectivity index (χ1n) is 7.37. The predicted molar refractivity (Wildman–Crippen MR) is 86.0 cm³/mol. The lowest BCUT2D eigenvalue weighted by Gasteiger charge is -2.19. The first kappa shape index (κ1) is 16.3. The minimum Gasteiger partial charge on any atom is -0.465 e. The van der Waals surface area contributed by atoms with Crippen LogP contribution in [0.4, 0.5) is 10.2 Å². The number of nitriles is 1. The number of hydrogen-bond acceptors (Lipinski definition) is 7. The van der Waals surface area contributed by atoms with Crippen molar-refractivity contribution in [3.63, 3.8) is 0 Å². The maximum absolute atomic E-state index is 14.1. The number of nitrogens with two attached hydrogens (primary N) is 1. The summed E-state index contributed by atoms with van der Waals surface area (Å²) >= 11 is 0. The van der Waals surface area contributed by atoms with Gasteiger partial charge in [0, 0.05) is 12.6 Å². The zero-order chi connectivity index (χ0) is 17.8. The highest BCUT2D eigenvalue weighted by molar-refractivity contribution is 6.02. The molecule has 25 heavy (non-hydrogen) atoms. The molecule has 0 aromatic carbocycles. The number of hydrogen-bond donors (Lipinski definition) is 2. The summed E-state index contributed by atoms with van der Waals surface area (Å²) in [6.45, 7) is 0.312. The molecule has 1 amide bonds. The van der Waals surface area contributed by atoms with Crippen molar-refractivity contribution < 1.29 is 13.9 Å². The van der Waals surface area contributed by atoms with Crippen molar-refractivity contribution in [2.75, 3.05) is 11.9 Å². The van der Waals surface area contributed by atoms with Crippen LogP contribution < -0.4 is 11.1 Å². The molecular formula is C16H13FN6O2. The summed E-state index contributed by atoms with van der Waals surface area (Å²) in [6, 6.07) is 6.76. The number of amidine groups is 1. The van der Waals surface area contributed by atoms with Crippen molar-refractivity contribution in [1.29, 1.82) is 5.26 Å². The molecule has 3 rings (SSSR count). The molecule has 0 bridgehead atoms. The van der Waals surface area contributed by atoms with E-state index in [4.69, 9.17) is 15.7 Å². The molecule has 0 fully saturated rings. The number of carbonyl (C=O) groups excluding carboxylic acids is 1. The van der Waals surface area contributed by atoms with Crippen LogP contribution in [-0.2, 0) is 4.74 Å². The van der Waals surface area contributed by atoms with Crippen LogP contribution in [-0.4, -0.2) is 28.5 Å². The number of rotatable bonds is 3. The number of amides is 1. The van der Waals surface area contributed by atoms with Crippen molar-refractivity contribution in [3.05, 3.63) is 53.2 Å². The summed E-state index contributed by atoms with van der Waals surface area (Å²) < 4.78 is 19.1. The van der Waals surface area contributed by atoms with Crippen molar-refractivity contribution in [1.82, 2.24) is 9.97 Å². The van der Waals surface area contributed by atoms with E-state index in [0.29, 0.717) is 18.6 Å². The number of ether oxygens (including phenoxy) is 1. The van der Waals surface area contributed by atoms with E-state index in [1.165, 1.54) is 30.5 Å². The van der Waals surface area contributed by atoms with Crippen LogP contribution in [0.1, 0.15) is 34.2 Å². The lowest BCUT2D eigenvalue weighted by molar-refractivity contribution is 0.102. The number of aromatic nitrogens is 2. The normalized spacial score (nSPS) is 16.3. The van der Waals surface area contributed by atoms with Gasteiger partial charge in [-0.2, -0.15) is 5.26 Å². The van der Waals surface area contributed by atoms with Gasteiger partial charge in [-0.05, 0) is 24.3 Å². The fraction of sp³-hybridized carbons (Fsp3) is 0.188. The molecule has 126 valence electrons. The summed E-state index contributed by atoms with van der Waals surface area (Å²) in [7, 11) is 0. The minimum absolute atomic E-state index is 0.0197. The van der Waals surface area contributed by atoms with Gasteiger partial charge in [-0.3, -0.25) is 4.79 Å². The Hall–Kier alpha value is -3.54. The Morgan fingerprint density at radius 3 is 2.92 bits per heavy atom. The molecule has 3 N–H and O–H groups in total. The molecule has 8 nitrogen and oxygen atoms in total. The molecule has 1 aliphatic rings. The number of nitrogens with one attached hydrogen (secondary N) is 1. The minimum atomic E-state index is -0.571. The molecule has 2 aromatic rings. The number of halogens is 1. The van der Waals surface area contributed by atoms with Gasteiger partial charge < -0.3 is 15.8 Å². The SMILES string of the molecule is N#Cc1ccc(C(=O)Nc2ccc(F)c(C3CCOC(N)=N3)n2)nc1. The molecule has 0 spiro atoms. The largest absolute Gasteiger partial charge is 0.465 e. The van der Waals surface area contributed by atoms with E-state index in [1.54, 1.807) is 0 Å². The van der Waals surface area contributed by atoms with Crippen LogP contribution in [0, 0.1) is 17.1 Å². The van der Waals surface area contributed by atoms with Gasteiger partial charge in [-0.15, -0.1) is 0 Å². The van der Waals surface area contributed by atoms with Crippen molar-refractivity contribution in [3.8, 4) is 6.07 Å². The summed E-state index contributed by atoms with van der Waals surface area (Å²) in [5.74, 6) is -0.907. The first-order chi connectivity index (χ1) is 12.1. The van der Waals surface area contributed by atoms with Crippen LogP contribution in [0.25, 0.3) is 0 Å². The van der Waals surface area contributed by atoms with E-state index < -0.39 is 17.8 Å². The fourth-order valence-corrected chi connectivity index (χ4v) is 2.26. The molecule has 9 heteroatoms. The van der Waals surface area contributed by atoms with E-state index in [-0.39, 0.29) is 23.2 Å². The van der Waals surface area contributed by atoms with Crippen LogP contribution in [0.2, 0.25) is 0 Å². The van der Waals surface area contributed by atoms with Crippen molar-refractivity contribution in [2.24, 2.45) is 10.7 Å². The maximum atomic E-state index is 14.1. The topological polar surface area (TPSA) is 126 Å². The second-order valence-electron chi connectivity index (χ2n) is 5.18. The maximum Gasteiger partial charge on any atom is 0.282 e. The van der Waals surface area contributed by atoms with Gasteiger partial charge in [0.25, 0.3) is 11.9 Å². The number of aliphatic imine (C=N–C) groups is 1. The third-order valence-electron chi connectivity index (χ3n) is 3.48. The Bertz CT molecular complexity index is 875. The standard InChI is InChI=1S/C16H13FN6O2/c17-10-2-4-13(22-14(10)11-5-6-25-16(19)21-11)23-15(24)12-3-1-9(7-18)8-20-12/h1-4,8,11H,5-6H2,(H2,19,21)(H,22,23,24). The quantitative estimate of drug-likeness (QED) is 0.872. The van der Waals surface area contributed by atoms with Gasteiger partial charge in [-0.1, -0.05) is 0 Å². The molecular weight excluding hydrogens is 327 g/mol. The van der Waals surface area contributed by atoms with E-state index in [9.17, 15) is 9.18 Å². The second kappa shape index (κ2) is 6.92. The monoisotopic (exact) mass is 340 g/mol. The lowest BCUT2D eigenvalue weighted by Crippen LogP contribution is -2.24. The zero-order valence-corrected chi connectivity index (χ0v) is 12.9. The molecule has 1 atom stereocenters. The highest BCUT2D eigenvalue weighted by Crippen LogP contribution is 2.26. The highest BCUT2D eigenvalue weighted by Gasteiger charge is 2.22. The average molecular weight is 340 g/mol. The Balaban J connectivity index is 1.81. The summed E-state index contributed by atoms with van der Waals surface area (Å²) in [5.41, 5.74) is 6.04. The van der Waals surface area contributed by atoms with E-state index in [2.05, 4.69) is 20.3 Å². The summed E-state index contributed by atoms with van der Waals surface area (Å²) in [5, 5.41) is 11.3. The van der Waals surface area contributed by atoms with Crippen molar-refractivity contribution in [2.45, 2.75) is 12.5 Å². The fourth-order valence-electron chi connectivity index (χ4n) is 2.26. The molecule has 2 aromatic heterocycles. The van der Waals surface area contributed by atoms with Gasteiger partial charge in [0.1, 0.15) is 35.1 Å². The molecule has 0 saturated heterocycles. The average Bonchev–Trinajstić information content (AvgIpc) is 2.63. The van der Waals surface area contributed by atoms with Gasteiger partial charge in [-0.25, -0.2) is 19.4 Å². The third-order valence-corrected chi connectivity index (χ3v) is 3.48. The van der Waals surface area contributed by atoms with Crippen LogP contribution in [0.5, 0.6) is 0 Å². The Labute approximate surface area is 142 Å². The van der Waals surface area contributed by atoms with E-state index in [1.807, 2.05) is 6.07 Å². The van der Waals surface area contributed by atoms with E-state index >= 15 is 0 Å². The second-order valence-corrected chi connectivity index (χ2v) is 5.18. The molecule has 1 aliphatic heterocycles. The lowest BCUT2D eigenvalue weighted by atomic mass is 10.1. The van der Waals surface area contributed by atoms with Crippen molar-refractivity contribution >= 4 is 17.7 Å². The van der Waals surface area contributed by atoms with Crippen LogP contribution in [0.15, 0.2) is 35.5 Å². The Morgan fingerprint density at radius 1 is 1.40 bits per heavy atom. The smallest absolute Gasteiger partial charge is 0.282 e. The van der Waals surface area contributed by atoms with Gasteiger partial charge in [0.2, 0.25) is 0 Å². The molecule has 0 aliphatic carbocycles. The Kier molecular flexibility index (Phi) is 4.52. The number of anilines is 1. The number of nitrogens with zero attached hydrogens (tertiary/aromatic N) is 4. The molecule has 0 saturated carbocycles. The number of carbonyl (C=O) groups is 1. The van der Waals surface area contributed by atoms with E-state index in [0.717, 1.165) is 0 Å². The predicted octanol–water partition coefficient (Wildman–Crippen LogP) is 1.52. The molecule has 3 heterocycles. The molecule has 1 unspecified atom stereocenters. The zero-order valence-electron chi connectivity index (χ0n) is 12.9. The first-order valence-corrected chi connectivity index (χ1v) is 7.37. The third kappa shape index (κ3) is 3.69. The van der Waals surface area contributed by atoms with Gasteiger partial charge in [0.05, 0.1) is 12.2 Å². The summed E-state index contributed by atoms with van der Waals surface area (Å²) in [4.78, 5) is 24.2. The highest BCUT2D eigenvalue weighted by atomic mass is 19.1.